The van der Waals surface area contributed by atoms with Gasteiger partial charge in [-0.3, -0.25) is 9.59 Å². The Bertz CT molecular complexity index is 780. The fourth-order valence-corrected chi connectivity index (χ4v) is 3.74. The van der Waals surface area contributed by atoms with Crippen molar-refractivity contribution >= 4 is 11.8 Å². The smallest absolute Gasteiger partial charge is 0.242 e. The first-order valence-corrected chi connectivity index (χ1v) is 10.2. The molecule has 4 nitrogen and oxygen atoms in total. The number of rotatable bonds is 7. The fraction of sp³-hybridized carbons (Fsp3) is 0.417. The lowest BCUT2D eigenvalue weighted by Gasteiger charge is -2.30. The molecule has 0 aliphatic heterocycles. The van der Waals surface area contributed by atoms with Gasteiger partial charge in [0.1, 0.15) is 6.04 Å². The number of hydrogen-bond acceptors (Lipinski definition) is 2. The predicted molar refractivity (Wildman–Crippen MR) is 112 cm³/mol. The van der Waals surface area contributed by atoms with Gasteiger partial charge >= 0.3 is 0 Å². The highest BCUT2D eigenvalue weighted by atomic mass is 16.2. The molecule has 2 aromatic carbocycles. The van der Waals surface area contributed by atoms with Gasteiger partial charge in [0.25, 0.3) is 0 Å². The van der Waals surface area contributed by atoms with Crippen molar-refractivity contribution in [2.45, 2.75) is 64.6 Å². The maximum Gasteiger partial charge on any atom is 0.242 e. The number of carbonyl (C=O) groups is 2. The fourth-order valence-electron chi connectivity index (χ4n) is 3.74. The number of hydrogen-bond donors (Lipinski definition) is 1. The summed E-state index contributed by atoms with van der Waals surface area (Å²) in [7, 11) is 0. The number of nitrogens with one attached hydrogen (secondary N) is 1. The molecule has 2 aromatic rings. The quantitative estimate of drug-likeness (QED) is 0.791. The summed E-state index contributed by atoms with van der Waals surface area (Å²) >= 11 is 0. The molecule has 0 bridgehead atoms. The van der Waals surface area contributed by atoms with Crippen molar-refractivity contribution < 1.29 is 9.59 Å². The zero-order valence-corrected chi connectivity index (χ0v) is 16.9. The maximum absolute atomic E-state index is 13.1. The molecule has 0 heterocycles. The Morgan fingerprint density at radius 2 is 1.64 bits per heavy atom. The highest BCUT2D eigenvalue weighted by molar-refractivity contribution is 5.88. The lowest BCUT2D eigenvalue weighted by atomic mass is 10.1. The lowest BCUT2D eigenvalue weighted by Crippen LogP contribution is -2.50. The molecule has 0 unspecified atom stereocenters. The van der Waals surface area contributed by atoms with Gasteiger partial charge in [0.2, 0.25) is 11.8 Å². The Hall–Kier alpha value is -2.62. The van der Waals surface area contributed by atoms with Crippen LogP contribution in [0.1, 0.15) is 49.3 Å². The predicted octanol–water partition coefficient (Wildman–Crippen LogP) is 4.01. The van der Waals surface area contributed by atoms with E-state index in [1.54, 1.807) is 4.90 Å². The minimum atomic E-state index is -0.501. The third-order valence-corrected chi connectivity index (χ3v) is 5.54. The Balaban J connectivity index is 1.73. The van der Waals surface area contributed by atoms with E-state index in [1.807, 2.05) is 68.4 Å². The number of benzene rings is 2. The van der Waals surface area contributed by atoms with E-state index in [0.29, 0.717) is 13.0 Å². The zero-order valence-electron chi connectivity index (χ0n) is 16.9. The van der Waals surface area contributed by atoms with Gasteiger partial charge in [0.05, 0.1) is 6.42 Å². The summed E-state index contributed by atoms with van der Waals surface area (Å²) in [5.41, 5.74) is 3.17. The molecule has 1 aliphatic carbocycles. The van der Waals surface area contributed by atoms with Crippen LogP contribution < -0.4 is 5.32 Å². The van der Waals surface area contributed by atoms with Crippen LogP contribution in [0, 0.1) is 6.92 Å². The van der Waals surface area contributed by atoms with Crippen molar-refractivity contribution in [3.63, 3.8) is 0 Å². The summed E-state index contributed by atoms with van der Waals surface area (Å²) in [6.07, 6.45) is 4.70. The molecule has 0 saturated heterocycles. The number of aryl methyl sites for hydroxylation is 1. The summed E-state index contributed by atoms with van der Waals surface area (Å²) < 4.78 is 0. The average molecular weight is 379 g/mol. The third-order valence-electron chi connectivity index (χ3n) is 5.54. The van der Waals surface area contributed by atoms with E-state index in [-0.39, 0.29) is 17.9 Å². The molecule has 0 radical (unpaired) electrons. The highest BCUT2D eigenvalue weighted by Crippen LogP contribution is 2.19. The van der Waals surface area contributed by atoms with Crippen molar-refractivity contribution in [1.82, 2.24) is 10.2 Å². The van der Waals surface area contributed by atoms with Gasteiger partial charge in [0.15, 0.2) is 0 Å². The van der Waals surface area contributed by atoms with Crippen LogP contribution in [-0.2, 0) is 22.6 Å². The van der Waals surface area contributed by atoms with Crippen LogP contribution in [0.4, 0.5) is 0 Å². The molecule has 3 rings (SSSR count). The minimum absolute atomic E-state index is 0.0261. The molecule has 0 aromatic heterocycles. The largest absolute Gasteiger partial charge is 0.352 e. The second-order valence-corrected chi connectivity index (χ2v) is 7.84. The zero-order chi connectivity index (χ0) is 19.9. The first-order chi connectivity index (χ1) is 13.5. The van der Waals surface area contributed by atoms with E-state index in [9.17, 15) is 9.59 Å². The minimum Gasteiger partial charge on any atom is -0.352 e. The third kappa shape index (κ3) is 5.44. The molecule has 1 atom stereocenters. The summed E-state index contributed by atoms with van der Waals surface area (Å²) in [5, 5.41) is 3.14. The van der Waals surface area contributed by atoms with Gasteiger partial charge in [-0.05, 0) is 37.8 Å². The Morgan fingerprint density at radius 1 is 1.00 bits per heavy atom. The average Bonchev–Trinajstić information content (AvgIpc) is 3.21. The summed E-state index contributed by atoms with van der Waals surface area (Å²) in [5.74, 6) is -0.0816. The van der Waals surface area contributed by atoms with Crippen molar-refractivity contribution in [3.8, 4) is 0 Å². The van der Waals surface area contributed by atoms with Gasteiger partial charge in [-0.2, -0.15) is 0 Å². The van der Waals surface area contributed by atoms with E-state index >= 15 is 0 Å². The van der Waals surface area contributed by atoms with Crippen molar-refractivity contribution in [2.24, 2.45) is 0 Å². The Kier molecular flexibility index (Phi) is 6.85. The van der Waals surface area contributed by atoms with Crippen molar-refractivity contribution in [1.29, 1.82) is 0 Å². The maximum atomic E-state index is 13.1. The SMILES string of the molecule is Cc1ccc(CC(=O)N(Cc2ccccc2)[C@@H](C)C(=O)NC2CCCC2)cc1. The van der Waals surface area contributed by atoms with Crippen LogP contribution in [0.2, 0.25) is 0 Å². The molecular weight excluding hydrogens is 348 g/mol. The Labute approximate surface area is 167 Å². The molecular formula is C24H30N2O2. The standard InChI is InChI=1S/C24H30N2O2/c1-18-12-14-20(15-13-18)16-23(27)26(17-21-8-4-3-5-9-21)19(2)24(28)25-22-10-6-7-11-22/h3-5,8-9,12-15,19,22H,6-7,10-11,16-17H2,1-2H3,(H,25,28)/t19-/m0/s1. The molecule has 28 heavy (non-hydrogen) atoms. The van der Waals surface area contributed by atoms with Gasteiger partial charge < -0.3 is 10.2 Å². The van der Waals surface area contributed by atoms with Crippen LogP contribution in [0.15, 0.2) is 54.6 Å². The molecule has 4 heteroatoms. The van der Waals surface area contributed by atoms with E-state index in [2.05, 4.69) is 5.32 Å². The summed E-state index contributed by atoms with van der Waals surface area (Å²) in [6.45, 7) is 4.30. The second kappa shape index (κ2) is 9.54. The molecule has 1 saturated carbocycles. The molecule has 1 fully saturated rings. The van der Waals surface area contributed by atoms with Crippen molar-refractivity contribution in [2.75, 3.05) is 0 Å². The lowest BCUT2D eigenvalue weighted by molar-refractivity contribution is -0.140. The Morgan fingerprint density at radius 3 is 2.29 bits per heavy atom. The van der Waals surface area contributed by atoms with Crippen LogP contribution >= 0.6 is 0 Å². The first-order valence-electron chi connectivity index (χ1n) is 10.2. The number of nitrogens with zero attached hydrogens (tertiary/aromatic N) is 1. The van der Waals surface area contributed by atoms with Gasteiger partial charge in [-0.1, -0.05) is 73.0 Å². The van der Waals surface area contributed by atoms with Crippen LogP contribution in [0.3, 0.4) is 0 Å². The molecule has 2 amide bonds. The van der Waals surface area contributed by atoms with Gasteiger partial charge in [0, 0.05) is 12.6 Å². The molecule has 1 aliphatic rings. The summed E-state index contributed by atoms with van der Waals surface area (Å²) in [4.78, 5) is 27.7. The summed E-state index contributed by atoms with van der Waals surface area (Å²) in [6, 6.07) is 17.6. The van der Waals surface area contributed by atoms with E-state index in [0.717, 1.165) is 24.0 Å². The number of carbonyl (C=O) groups excluding carboxylic acids is 2. The van der Waals surface area contributed by atoms with Crippen LogP contribution in [0.25, 0.3) is 0 Å². The number of amides is 2. The van der Waals surface area contributed by atoms with E-state index in [4.69, 9.17) is 0 Å². The highest BCUT2D eigenvalue weighted by Gasteiger charge is 2.28. The monoisotopic (exact) mass is 378 g/mol. The molecule has 148 valence electrons. The van der Waals surface area contributed by atoms with Crippen LogP contribution in [0.5, 0.6) is 0 Å². The second-order valence-electron chi connectivity index (χ2n) is 7.84. The van der Waals surface area contributed by atoms with Gasteiger partial charge in [-0.25, -0.2) is 0 Å². The van der Waals surface area contributed by atoms with E-state index in [1.165, 1.54) is 18.4 Å². The van der Waals surface area contributed by atoms with Gasteiger partial charge in [-0.15, -0.1) is 0 Å². The first kappa shape index (κ1) is 20.1. The van der Waals surface area contributed by atoms with E-state index < -0.39 is 6.04 Å². The van der Waals surface area contributed by atoms with Crippen molar-refractivity contribution in [3.05, 3.63) is 71.3 Å². The topological polar surface area (TPSA) is 49.4 Å². The molecule has 1 N–H and O–H groups in total. The van der Waals surface area contributed by atoms with Crippen LogP contribution in [-0.4, -0.2) is 28.8 Å². The molecule has 0 spiro atoms. The normalized spacial score (nSPS) is 15.2.